The zero-order valence-corrected chi connectivity index (χ0v) is 11.0. The number of aryl methyl sites for hydroxylation is 1. The summed E-state index contributed by atoms with van der Waals surface area (Å²) in [5.74, 6) is -1.13. The molecule has 1 amide bonds. The monoisotopic (exact) mass is 268 g/mol. The number of nitrogens with zero attached hydrogens (tertiary/aromatic N) is 1. The number of rotatable bonds is 3. The van der Waals surface area contributed by atoms with E-state index in [2.05, 4.69) is 10.3 Å². The van der Waals surface area contributed by atoms with Gasteiger partial charge < -0.3 is 10.4 Å². The van der Waals surface area contributed by atoms with Crippen LogP contribution in [0.1, 0.15) is 41.2 Å². The van der Waals surface area contributed by atoms with Gasteiger partial charge >= 0.3 is 5.97 Å². The van der Waals surface area contributed by atoms with Crippen LogP contribution in [0.2, 0.25) is 0 Å². The van der Waals surface area contributed by atoms with Gasteiger partial charge in [0.05, 0.1) is 10.9 Å². The summed E-state index contributed by atoms with van der Waals surface area (Å²) < 4.78 is 0. The fourth-order valence-corrected chi connectivity index (χ4v) is 2.80. The van der Waals surface area contributed by atoms with Gasteiger partial charge in [-0.1, -0.05) is 0 Å². The van der Waals surface area contributed by atoms with Crippen LogP contribution in [0, 0.1) is 12.8 Å². The second-order valence-electron chi connectivity index (χ2n) is 4.61. The highest BCUT2D eigenvalue weighted by atomic mass is 32.1. The highest BCUT2D eigenvalue weighted by molar-refractivity contribution is 7.09. The van der Waals surface area contributed by atoms with E-state index in [1.165, 1.54) is 11.3 Å². The third-order valence-electron chi connectivity index (χ3n) is 3.26. The molecule has 1 aromatic rings. The number of aromatic nitrogens is 1. The van der Waals surface area contributed by atoms with Crippen LogP contribution in [-0.2, 0) is 4.79 Å². The number of carbonyl (C=O) groups excluding carboxylic acids is 1. The van der Waals surface area contributed by atoms with Gasteiger partial charge in [-0.25, -0.2) is 4.98 Å². The molecule has 1 fully saturated rings. The quantitative estimate of drug-likeness (QED) is 0.876. The number of nitrogens with one attached hydrogen (secondary N) is 1. The Bertz CT molecular complexity index is 450. The lowest BCUT2D eigenvalue weighted by molar-refractivity contribution is -0.142. The van der Waals surface area contributed by atoms with Crippen LogP contribution in [0.4, 0.5) is 0 Å². The average molecular weight is 268 g/mol. The summed E-state index contributed by atoms with van der Waals surface area (Å²) in [6.45, 7) is 1.86. The lowest BCUT2D eigenvalue weighted by Gasteiger charge is -2.26. The smallest absolute Gasteiger partial charge is 0.306 e. The lowest BCUT2D eigenvalue weighted by Crippen LogP contribution is -2.38. The van der Waals surface area contributed by atoms with Crippen molar-refractivity contribution in [1.29, 1.82) is 0 Å². The molecule has 0 saturated heterocycles. The predicted octanol–water partition coefficient (Wildman–Crippen LogP) is 1.82. The number of thiazole rings is 1. The molecule has 0 aromatic carbocycles. The van der Waals surface area contributed by atoms with E-state index in [4.69, 9.17) is 5.11 Å². The summed E-state index contributed by atoms with van der Waals surface area (Å²) in [6.07, 6.45) is 2.73. The van der Waals surface area contributed by atoms with Crippen molar-refractivity contribution in [2.45, 2.75) is 38.6 Å². The normalized spacial score (nSPS) is 23.6. The third-order valence-corrected chi connectivity index (χ3v) is 4.04. The molecule has 1 aliphatic carbocycles. The van der Waals surface area contributed by atoms with Gasteiger partial charge in [0.25, 0.3) is 5.91 Å². The number of aliphatic carboxylic acids is 1. The molecule has 0 spiro atoms. The number of hydrogen-bond acceptors (Lipinski definition) is 4. The van der Waals surface area contributed by atoms with E-state index in [1.807, 2.05) is 6.92 Å². The van der Waals surface area contributed by atoms with Crippen molar-refractivity contribution in [3.63, 3.8) is 0 Å². The Hall–Kier alpha value is -1.43. The Balaban J connectivity index is 1.85. The van der Waals surface area contributed by atoms with Crippen LogP contribution in [-0.4, -0.2) is 28.0 Å². The van der Waals surface area contributed by atoms with Crippen molar-refractivity contribution >= 4 is 23.2 Å². The first-order chi connectivity index (χ1) is 8.56. The number of hydrogen-bond donors (Lipinski definition) is 2. The summed E-state index contributed by atoms with van der Waals surface area (Å²) in [5.41, 5.74) is 0.456. The molecule has 98 valence electrons. The summed E-state index contributed by atoms with van der Waals surface area (Å²) in [6, 6.07) is 0.0788. The molecule has 1 heterocycles. The second kappa shape index (κ2) is 5.48. The molecule has 5 nitrogen and oxygen atoms in total. The van der Waals surface area contributed by atoms with Crippen LogP contribution in [0.5, 0.6) is 0 Å². The minimum Gasteiger partial charge on any atom is -0.481 e. The fraction of sp³-hybridized carbons (Fsp3) is 0.583. The van der Waals surface area contributed by atoms with Gasteiger partial charge in [-0.15, -0.1) is 11.3 Å². The van der Waals surface area contributed by atoms with Crippen LogP contribution in [0.25, 0.3) is 0 Å². The standard InChI is InChI=1S/C12H16N2O3S/c1-7-13-10(6-18-7)11(15)14-9-4-2-8(3-5-9)12(16)17/h6,8-9H,2-5H2,1H3,(H,14,15)(H,16,17). The van der Waals surface area contributed by atoms with Gasteiger partial charge in [0.2, 0.25) is 0 Å². The highest BCUT2D eigenvalue weighted by Gasteiger charge is 2.27. The topological polar surface area (TPSA) is 79.3 Å². The molecule has 1 aliphatic rings. The van der Waals surface area contributed by atoms with Crippen molar-refractivity contribution in [3.05, 3.63) is 16.1 Å². The molecule has 0 unspecified atom stereocenters. The zero-order valence-electron chi connectivity index (χ0n) is 10.2. The molecule has 6 heteroatoms. The van der Waals surface area contributed by atoms with Gasteiger partial charge in [-0.2, -0.15) is 0 Å². The molecule has 2 rings (SSSR count). The van der Waals surface area contributed by atoms with Crippen LogP contribution >= 0.6 is 11.3 Å². The van der Waals surface area contributed by atoms with Crippen LogP contribution in [0.15, 0.2) is 5.38 Å². The number of amides is 1. The molecule has 0 aliphatic heterocycles. The Morgan fingerprint density at radius 3 is 2.56 bits per heavy atom. The van der Waals surface area contributed by atoms with Crippen LogP contribution in [0.3, 0.4) is 0 Å². The fourth-order valence-electron chi connectivity index (χ4n) is 2.21. The number of carboxylic acid groups (broad SMARTS) is 1. The van der Waals surface area contributed by atoms with Crippen molar-refractivity contribution in [1.82, 2.24) is 10.3 Å². The van der Waals surface area contributed by atoms with Gasteiger partial charge in [0.1, 0.15) is 5.69 Å². The SMILES string of the molecule is Cc1nc(C(=O)NC2CCC(C(=O)O)CC2)cs1. The van der Waals surface area contributed by atoms with Crippen molar-refractivity contribution in [2.75, 3.05) is 0 Å². The number of carboxylic acids is 1. The first-order valence-corrected chi connectivity index (χ1v) is 6.90. The predicted molar refractivity (Wildman–Crippen MR) is 67.7 cm³/mol. The number of carbonyl (C=O) groups is 2. The Morgan fingerprint density at radius 1 is 1.39 bits per heavy atom. The summed E-state index contributed by atoms with van der Waals surface area (Å²) in [5, 5.41) is 14.4. The van der Waals surface area contributed by atoms with Crippen LogP contribution < -0.4 is 5.32 Å². The lowest BCUT2D eigenvalue weighted by atomic mass is 9.86. The Kier molecular flexibility index (Phi) is 3.96. The second-order valence-corrected chi connectivity index (χ2v) is 5.67. The highest BCUT2D eigenvalue weighted by Crippen LogP contribution is 2.24. The van der Waals surface area contributed by atoms with Gasteiger partial charge in [-0.05, 0) is 32.6 Å². The molecule has 18 heavy (non-hydrogen) atoms. The van der Waals surface area contributed by atoms with E-state index < -0.39 is 5.97 Å². The molecule has 0 atom stereocenters. The minimum absolute atomic E-state index is 0.0788. The van der Waals surface area contributed by atoms with Gasteiger partial charge in [0.15, 0.2) is 0 Å². The maximum Gasteiger partial charge on any atom is 0.306 e. The molecule has 0 radical (unpaired) electrons. The maximum atomic E-state index is 11.9. The molecular weight excluding hydrogens is 252 g/mol. The first-order valence-electron chi connectivity index (χ1n) is 6.02. The molecule has 0 bridgehead atoms. The van der Waals surface area contributed by atoms with E-state index in [9.17, 15) is 9.59 Å². The molecule has 1 aromatic heterocycles. The molecule has 2 N–H and O–H groups in total. The van der Waals surface area contributed by atoms with Crippen molar-refractivity contribution in [2.24, 2.45) is 5.92 Å². The van der Waals surface area contributed by atoms with E-state index in [-0.39, 0.29) is 17.9 Å². The average Bonchev–Trinajstić information content (AvgIpc) is 2.76. The summed E-state index contributed by atoms with van der Waals surface area (Å²) in [7, 11) is 0. The minimum atomic E-state index is -0.727. The Labute approximate surface area is 109 Å². The van der Waals surface area contributed by atoms with E-state index in [1.54, 1.807) is 5.38 Å². The molecular formula is C12H16N2O3S. The summed E-state index contributed by atoms with van der Waals surface area (Å²) in [4.78, 5) is 26.8. The first kappa shape index (κ1) is 13.0. The van der Waals surface area contributed by atoms with Gasteiger partial charge in [-0.3, -0.25) is 9.59 Å². The maximum absolute atomic E-state index is 11.9. The summed E-state index contributed by atoms with van der Waals surface area (Å²) >= 11 is 1.45. The zero-order chi connectivity index (χ0) is 13.1. The molecule has 1 saturated carbocycles. The van der Waals surface area contributed by atoms with E-state index in [0.29, 0.717) is 18.5 Å². The third kappa shape index (κ3) is 3.07. The van der Waals surface area contributed by atoms with Crippen molar-refractivity contribution in [3.8, 4) is 0 Å². The van der Waals surface area contributed by atoms with Gasteiger partial charge in [0, 0.05) is 11.4 Å². The van der Waals surface area contributed by atoms with E-state index >= 15 is 0 Å². The Morgan fingerprint density at radius 2 is 2.06 bits per heavy atom. The van der Waals surface area contributed by atoms with E-state index in [0.717, 1.165) is 17.8 Å². The van der Waals surface area contributed by atoms with Crippen molar-refractivity contribution < 1.29 is 14.7 Å². The largest absolute Gasteiger partial charge is 0.481 e.